The van der Waals surface area contributed by atoms with Gasteiger partial charge in [-0.1, -0.05) is 48.5 Å². The van der Waals surface area contributed by atoms with Crippen molar-refractivity contribution in [1.29, 1.82) is 0 Å². The van der Waals surface area contributed by atoms with Crippen LogP contribution in [0.15, 0.2) is 89.8 Å². The molecule has 7 nitrogen and oxygen atoms in total. The highest BCUT2D eigenvalue weighted by Gasteiger charge is 2.32. The number of hydrogen-bond acceptors (Lipinski definition) is 4. The molecule has 0 unspecified atom stereocenters. The van der Waals surface area contributed by atoms with Gasteiger partial charge in [0.1, 0.15) is 18.4 Å². The lowest BCUT2D eigenvalue weighted by Crippen LogP contribution is -2.51. The van der Waals surface area contributed by atoms with Crippen molar-refractivity contribution in [3.8, 4) is 0 Å². The molecule has 0 saturated heterocycles. The number of anilines is 1. The molecule has 3 aromatic rings. The van der Waals surface area contributed by atoms with Crippen molar-refractivity contribution in [2.24, 2.45) is 0 Å². The molecule has 0 bridgehead atoms. The quantitative estimate of drug-likeness (QED) is 0.464. The summed E-state index contributed by atoms with van der Waals surface area (Å²) in [7, 11) is -4.21. The summed E-state index contributed by atoms with van der Waals surface area (Å²) in [6, 6.07) is 20.9. The van der Waals surface area contributed by atoms with Crippen LogP contribution in [0.3, 0.4) is 0 Å². The summed E-state index contributed by atoms with van der Waals surface area (Å²) >= 11 is 0. The van der Waals surface area contributed by atoms with Gasteiger partial charge in [0.15, 0.2) is 0 Å². The second kappa shape index (κ2) is 11.6. The van der Waals surface area contributed by atoms with Crippen molar-refractivity contribution >= 4 is 27.5 Å². The fraction of sp³-hybridized carbons (Fsp3) is 0.231. The Morgan fingerprint density at radius 3 is 2.06 bits per heavy atom. The molecule has 0 fully saturated rings. The molecule has 0 saturated carbocycles. The molecule has 3 rings (SSSR count). The Morgan fingerprint density at radius 1 is 0.914 bits per heavy atom. The minimum Gasteiger partial charge on any atom is -0.355 e. The van der Waals surface area contributed by atoms with Crippen LogP contribution in [0.2, 0.25) is 0 Å². The first kappa shape index (κ1) is 25.9. The fourth-order valence-corrected chi connectivity index (χ4v) is 4.96. The van der Waals surface area contributed by atoms with Crippen LogP contribution in [0.1, 0.15) is 19.4 Å². The van der Waals surface area contributed by atoms with E-state index in [2.05, 4.69) is 5.32 Å². The smallest absolute Gasteiger partial charge is 0.264 e. The minimum atomic E-state index is -4.21. The highest BCUT2D eigenvalue weighted by molar-refractivity contribution is 7.92. The van der Waals surface area contributed by atoms with Crippen LogP contribution in [0.25, 0.3) is 0 Å². The molecule has 9 heteroatoms. The predicted molar refractivity (Wildman–Crippen MR) is 133 cm³/mol. The number of hydrogen-bond donors (Lipinski definition) is 1. The highest BCUT2D eigenvalue weighted by atomic mass is 32.2. The van der Waals surface area contributed by atoms with Gasteiger partial charge in [-0.3, -0.25) is 13.9 Å². The van der Waals surface area contributed by atoms with Gasteiger partial charge < -0.3 is 10.2 Å². The maximum Gasteiger partial charge on any atom is 0.264 e. The topological polar surface area (TPSA) is 86.8 Å². The summed E-state index contributed by atoms with van der Waals surface area (Å²) in [5.41, 5.74) is 1.07. The van der Waals surface area contributed by atoms with E-state index in [1.807, 2.05) is 30.3 Å². The van der Waals surface area contributed by atoms with Crippen molar-refractivity contribution < 1.29 is 22.4 Å². The number of carbonyl (C=O) groups is 2. The largest absolute Gasteiger partial charge is 0.355 e. The van der Waals surface area contributed by atoms with E-state index >= 15 is 0 Å². The molecule has 1 N–H and O–H groups in total. The monoisotopic (exact) mass is 497 g/mol. The van der Waals surface area contributed by atoms with Gasteiger partial charge in [0, 0.05) is 13.1 Å². The van der Waals surface area contributed by atoms with Crippen molar-refractivity contribution in [2.75, 3.05) is 17.4 Å². The number of likely N-dealkylation sites (N-methyl/N-ethyl adjacent to an activating group) is 1. The number of amides is 2. The third-order valence-electron chi connectivity index (χ3n) is 5.44. The Morgan fingerprint density at radius 2 is 1.49 bits per heavy atom. The zero-order valence-electron chi connectivity index (χ0n) is 19.6. The van der Waals surface area contributed by atoms with Crippen LogP contribution in [0.4, 0.5) is 10.1 Å². The molecule has 0 aliphatic heterocycles. The molecular weight excluding hydrogens is 469 g/mol. The summed E-state index contributed by atoms with van der Waals surface area (Å²) in [6.45, 7) is 3.36. The van der Waals surface area contributed by atoms with E-state index in [0.29, 0.717) is 6.54 Å². The number of rotatable bonds is 10. The second-order valence-electron chi connectivity index (χ2n) is 7.88. The maximum atomic E-state index is 13.6. The lowest BCUT2D eigenvalue weighted by Gasteiger charge is -2.32. The first-order chi connectivity index (χ1) is 16.7. The fourth-order valence-electron chi connectivity index (χ4n) is 3.54. The van der Waals surface area contributed by atoms with Crippen molar-refractivity contribution in [3.05, 3.63) is 96.3 Å². The Kier molecular flexibility index (Phi) is 8.59. The van der Waals surface area contributed by atoms with Crippen LogP contribution in [-0.4, -0.2) is 44.3 Å². The van der Waals surface area contributed by atoms with Gasteiger partial charge in [0.2, 0.25) is 11.8 Å². The lowest BCUT2D eigenvalue weighted by atomic mass is 10.1. The van der Waals surface area contributed by atoms with Gasteiger partial charge >= 0.3 is 0 Å². The molecule has 184 valence electrons. The standard InChI is InChI=1S/C26H28FN3O4S/c1-3-28-26(32)20(2)29(18-21-10-6-4-7-11-21)25(31)19-30(23-12-8-5-9-13-23)35(33,34)24-16-14-22(27)15-17-24/h4-17,20H,3,18-19H2,1-2H3,(H,28,32)/t20-/m1/s1. The number of halogens is 1. The molecule has 0 heterocycles. The van der Waals surface area contributed by atoms with E-state index in [0.717, 1.165) is 34.1 Å². The van der Waals surface area contributed by atoms with Crippen molar-refractivity contribution in [3.63, 3.8) is 0 Å². The van der Waals surface area contributed by atoms with Gasteiger partial charge in [-0.2, -0.15) is 0 Å². The Hall–Kier alpha value is -3.72. The molecule has 0 aliphatic carbocycles. The van der Waals surface area contributed by atoms with E-state index in [4.69, 9.17) is 0 Å². The summed E-state index contributed by atoms with van der Waals surface area (Å²) in [5, 5.41) is 2.71. The summed E-state index contributed by atoms with van der Waals surface area (Å²) in [4.78, 5) is 27.4. The number of benzene rings is 3. The zero-order valence-corrected chi connectivity index (χ0v) is 20.4. The molecule has 0 radical (unpaired) electrons. The maximum absolute atomic E-state index is 13.6. The van der Waals surface area contributed by atoms with Crippen LogP contribution < -0.4 is 9.62 Å². The van der Waals surface area contributed by atoms with E-state index in [1.165, 1.54) is 4.90 Å². The average Bonchev–Trinajstić information content (AvgIpc) is 2.86. The van der Waals surface area contributed by atoms with Gasteiger partial charge in [0.05, 0.1) is 10.6 Å². The summed E-state index contributed by atoms with van der Waals surface area (Å²) in [6.07, 6.45) is 0. The van der Waals surface area contributed by atoms with Crippen LogP contribution in [0, 0.1) is 5.82 Å². The Labute approximate surface area is 205 Å². The second-order valence-corrected chi connectivity index (χ2v) is 9.74. The highest BCUT2D eigenvalue weighted by Crippen LogP contribution is 2.24. The molecule has 0 aliphatic rings. The van der Waals surface area contributed by atoms with Crippen LogP contribution in [-0.2, 0) is 26.2 Å². The number of sulfonamides is 1. The number of para-hydroxylation sites is 1. The minimum absolute atomic E-state index is 0.122. The molecule has 3 aromatic carbocycles. The third kappa shape index (κ3) is 6.45. The first-order valence-electron chi connectivity index (χ1n) is 11.2. The van der Waals surface area contributed by atoms with Crippen molar-refractivity contribution in [1.82, 2.24) is 10.2 Å². The summed E-state index contributed by atoms with van der Waals surface area (Å²) < 4.78 is 41.5. The number of carbonyl (C=O) groups excluding carboxylic acids is 2. The third-order valence-corrected chi connectivity index (χ3v) is 7.23. The van der Waals surface area contributed by atoms with Gasteiger partial charge in [-0.05, 0) is 55.8 Å². The Balaban J connectivity index is 1.99. The molecule has 2 amide bonds. The van der Waals surface area contributed by atoms with E-state index in [9.17, 15) is 22.4 Å². The lowest BCUT2D eigenvalue weighted by molar-refractivity contribution is -0.139. The molecule has 0 spiro atoms. The number of nitrogens with zero attached hydrogens (tertiary/aromatic N) is 2. The zero-order chi connectivity index (χ0) is 25.4. The normalized spacial score (nSPS) is 12.0. The SMILES string of the molecule is CCNC(=O)[C@@H](C)N(Cc1ccccc1)C(=O)CN(c1ccccc1)S(=O)(=O)c1ccc(F)cc1. The number of nitrogens with one attached hydrogen (secondary N) is 1. The van der Waals surface area contributed by atoms with Crippen LogP contribution >= 0.6 is 0 Å². The van der Waals surface area contributed by atoms with E-state index in [1.54, 1.807) is 44.2 Å². The first-order valence-corrected chi connectivity index (χ1v) is 12.6. The van der Waals surface area contributed by atoms with Gasteiger partial charge in [-0.15, -0.1) is 0 Å². The molecule has 1 atom stereocenters. The van der Waals surface area contributed by atoms with Crippen molar-refractivity contribution in [2.45, 2.75) is 31.3 Å². The Bertz CT molecular complexity index is 1240. The molecule has 35 heavy (non-hydrogen) atoms. The predicted octanol–water partition coefficient (Wildman–Crippen LogP) is 3.57. The van der Waals surface area contributed by atoms with Gasteiger partial charge in [-0.25, -0.2) is 12.8 Å². The van der Waals surface area contributed by atoms with E-state index in [-0.39, 0.29) is 23.0 Å². The molecule has 0 aromatic heterocycles. The average molecular weight is 498 g/mol. The van der Waals surface area contributed by atoms with Gasteiger partial charge in [0.25, 0.3) is 10.0 Å². The van der Waals surface area contributed by atoms with Crippen LogP contribution in [0.5, 0.6) is 0 Å². The molecular formula is C26H28FN3O4S. The van der Waals surface area contributed by atoms with E-state index < -0.39 is 34.3 Å². The summed E-state index contributed by atoms with van der Waals surface area (Å²) in [5.74, 6) is -1.47.